The third kappa shape index (κ3) is 2.40. The monoisotopic (exact) mass is 228 g/mol. The van der Waals surface area contributed by atoms with Crippen LogP contribution in [0.5, 0.6) is 0 Å². The predicted molar refractivity (Wildman–Crippen MR) is 60.9 cm³/mol. The number of aliphatic hydroxyl groups is 1. The molecule has 0 aliphatic carbocycles. The minimum atomic E-state index is -3.16. The van der Waals surface area contributed by atoms with E-state index in [1.165, 1.54) is 6.07 Å². The number of rotatable bonds is 2. The number of benzene rings is 1. The summed E-state index contributed by atoms with van der Waals surface area (Å²) in [6, 6.07) is 4.85. The quantitative estimate of drug-likeness (QED) is 0.822. The molecular weight excluding hydrogens is 210 g/mol. The Balaban J connectivity index is 3.36. The van der Waals surface area contributed by atoms with Crippen LogP contribution in [0.2, 0.25) is 0 Å². The van der Waals surface area contributed by atoms with Crippen LogP contribution >= 0.6 is 0 Å². The van der Waals surface area contributed by atoms with Crippen molar-refractivity contribution in [3.8, 4) is 0 Å². The number of aliphatic hydroxyl groups excluding tert-OH is 1. The van der Waals surface area contributed by atoms with Crippen LogP contribution in [0, 0.1) is 6.92 Å². The molecule has 0 bridgehead atoms. The molecule has 0 saturated heterocycles. The summed E-state index contributed by atoms with van der Waals surface area (Å²) in [6.07, 6.45) is 0. The molecule has 1 rings (SSSR count). The molecule has 90 valence electrons. The lowest BCUT2D eigenvalue weighted by Gasteiger charge is -2.25. The molecule has 1 nitrogen and oxygen atoms in total. The second-order valence-electron chi connectivity index (χ2n) is 5.09. The number of alkyl halides is 2. The smallest absolute Gasteiger partial charge is 0.296 e. The summed E-state index contributed by atoms with van der Waals surface area (Å²) < 4.78 is 26.9. The first-order valence-corrected chi connectivity index (χ1v) is 5.29. The molecule has 0 aromatic heterocycles. The zero-order valence-electron chi connectivity index (χ0n) is 10.1. The maximum Gasteiger partial charge on any atom is 0.296 e. The first-order valence-electron chi connectivity index (χ1n) is 5.29. The Morgan fingerprint density at radius 2 is 1.62 bits per heavy atom. The highest BCUT2D eigenvalue weighted by atomic mass is 19.3. The maximum atomic E-state index is 13.5. The van der Waals surface area contributed by atoms with Gasteiger partial charge in [-0.05, 0) is 23.5 Å². The lowest BCUT2D eigenvalue weighted by Crippen LogP contribution is -2.22. The SMILES string of the molecule is Cc1c(C(C)(C)C)cccc1C(F)(F)CO. The zero-order valence-corrected chi connectivity index (χ0v) is 10.1. The number of hydrogen-bond acceptors (Lipinski definition) is 1. The summed E-state index contributed by atoms with van der Waals surface area (Å²) in [7, 11) is 0. The van der Waals surface area contributed by atoms with Crippen molar-refractivity contribution in [1.82, 2.24) is 0 Å². The summed E-state index contributed by atoms with van der Waals surface area (Å²) in [5.74, 6) is -3.16. The van der Waals surface area contributed by atoms with E-state index in [0.717, 1.165) is 5.56 Å². The van der Waals surface area contributed by atoms with Crippen molar-refractivity contribution < 1.29 is 13.9 Å². The molecule has 0 heterocycles. The van der Waals surface area contributed by atoms with Crippen LogP contribution in [-0.4, -0.2) is 11.7 Å². The molecule has 0 radical (unpaired) electrons. The third-order valence-electron chi connectivity index (χ3n) is 2.73. The summed E-state index contributed by atoms with van der Waals surface area (Å²) in [4.78, 5) is 0. The van der Waals surface area contributed by atoms with Crippen LogP contribution < -0.4 is 0 Å². The van der Waals surface area contributed by atoms with Crippen molar-refractivity contribution >= 4 is 0 Å². The standard InChI is InChI=1S/C13H18F2O/c1-9-10(12(2,3)4)6-5-7-11(9)13(14,15)8-16/h5-7,16H,8H2,1-4H3. The highest BCUT2D eigenvalue weighted by molar-refractivity contribution is 5.40. The zero-order chi connectivity index (χ0) is 12.6. The topological polar surface area (TPSA) is 20.2 Å². The van der Waals surface area contributed by atoms with Gasteiger partial charge in [0.2, 0.25) is 0 Å². The summed E-state index contributed by atoms with van der Waals surface area (Å²) >= 11 is 0. The van der Waals surface area contributed by atoms with Crippen molar-refractivity contribution in [2.45, 2.75) is 39.0 Å². The molecule has 0 aliphatic rings. The van der Waals surface area contributed by atoms with Crippen molar-refractivity contribution in [3.05, 3.63) is 34.9 Å². The van der Waals surface area contributed by atoms with E-state index >= 15 is 0 Å². The summed E-state index contributed by atoms with van der Waals surface area (Å²) in [6.45, 7) is 6.48. The molecule has 0 unspecified atom stereocenters. The maximum absolute atomic E-state index is 13.5. The van der Waals surface area contributed by atoms with E-state index in [0.29, 0.717) is 5.56 Å². The lowest BCUT2D eigenvalue weighted by molar-refractivity contribution is -0.0562. The van der Waals surface area contributed by atoms with Gasteiger partial charge in [0.1, 0.15) is 6.61 Å². The van der Waals surface area contributed by atoms with E-state index < -0.39 is 12.5 Å². The van der Waals surface area contributed by atoms with Crippen LogP contribution in [0.3, 0.4) is 0 Å². The van der Waals surface area contributed by atoms with E-state index in [-0.39, 0.29) is 11.0 Å². The van der Waals surface area contributed by atoms with Gasteiger partial charge in [0.15, 0.2) is 0 Å². The van der Waals surface area contributed by atoms with E-state index in [1.54, 1.807) is 13.0 Å². The second-order valence-corrected chi connectivity index (χ2v) is 5.09. The van der Waals surface area contributed by atoms with Crippen LogP contribution in [0.4, 0.5) is 8.78 Å². The third-order valence-corrected chi connectivity index (χ3v) is 2.73. The molecule has 1 aromatic carbocycles. The molecule has 0 aliphatic heterocycles. The van der Waals surface area contributed by atoms with Crippen LogP contribution in [-0.2, 0) is 11.3 Å². The fourth-order valence-electron chi connectivity index (χ4n) is 1.93. The lowest BCUT2D eigenvalue weighted by atomic mass is 9.82. The Kier molecular flexibility index (Phi) is 3.38. The molecule has 0 fully saturated rings. The van der Waals surface area contributed by atoms with E-state index in [9.17, 15) is 8.78 Å². The minimum absolute atomic E-state index is 0.0811. The average molecular weight is 228 g/mol. The molecule has 0 saturated carbocycles. The van der Waals surface area contributed by atoms with Gasteiger partial charge in [0, 0.05) is 5.56 Å². The molecule has 0 atom stereocenters. The Morgan fingerprint density at radius 3 is 2.06 bits per heavy atom. The highest BCUT2D eigenvalue weighted by Gasteiger charge is 2.33. The molecule has 0 spiro atoms. The Morgan fingerprint density at radius 1 is 1.12 bits per heavy atom. The Labute approximate surface area is 95.1 Å². The molecule has 0 amide bonds. The second kappa shape index (κ2) is 4.13. The van der Waals surface area contributed by atoms with E-state index in [4.69, 9.17) is 5.11 Å². The van der Waals surface area contributed by atoms with Crippen molar-refractivity contribution in [2.75, 3.05) is 6.61 Å². The van der Waals surface area contributed by atoms with Crippen molar-refractivity contribution in [1.29, 1.82) is 0 Å². The van der Waals surface area contributed by atoms with Gasteiger partial charge in [-0.2, -0.15) is 8.78 Å². The number of halogens is 2. The fourth-order valence-corrected chi connectivity index (χ4v) is 1.93. The fraction of sp³-hybridized carbons (Fsp3) is 0.538. The Bertz CT molecular complexity index is 378. The van der Waals surface area contributed by atoms with Gasteiger partial charge in [0.05, 0.1) is 0 Å². The van der Waals surface area contributed by atoms with Crippen LogP contribution in [0.1, 0.15) is 37.5 Å². The first-order chi connectivity index (χ1) is 7.20. The average Bonchev–Trinajstić information content (AvgIpc) is 2.16. The molecule has 1 N–H and O–H groups in total. The highest BCUT2D eigenvalue weighted by Crippen LogP contribution is 2.35. The molecule has 3 heteroatoms. The van der Waals surface area contributed by atoms with Gasteiger partial charge in [-0.1, -0.05) is 39.0 Å². The largest absolute Gasteiger partial charge is 0.390 e. The molecular formula is C13H18F2O. The van der Waals surface area contributed by atoms with Crippen LogP contribution in [0.25, 0.3) is 0 Å². The van der Waals surface area contributed by atoms with Crippen molar-refractivity contribution in [3.63, 3.8) is 0 Å². The van der Waals surface area contributed by atoms with Gasteiger partial charge < -0.3 is 5.11 Å². The van der Waals surface area contributed by atoms with Gasteiger partial charge in [-0.25, -0.2) is 0 Å². The minimum Gasteiger partial charge on any atom is -0.390 e. The summed E-state index contributed by atoms with van der Waals surface area (Å²) in [5.41, 5.74) is 1.20. The first kappa shape index (κ1) is 13.1. The van der Waals surface area contributed by atoms with Crippen molar-refractivity contribution in [2.24, 2.45) is 0 Å². The predicted octanol–water partition coefficient (Wildman–Crippen LogP) is 3.38. The summed E-state index contributed by atoms with van der Waals surface area (Å²) in [5, 5.41) is 8.72. The van der Waals surface area contributed by atoms with E-state index in [2.05, 4.69) is 0 Å². The normalized spacial score (nSPS) is 12.9. The van der Waals surface area contributed by atoms with Gasteiger partial charge in [-0.15, -0.1) is 0 Å². The van der Waals surface area contributed by atoms with Gasteiger partial charge in [0.25, 0.3) is 5.92 Å². The molecule has 1 aromatic rings. The Hall–Kier alpha value is -0.960. The van der Waals surface area contributed by atoms with Crippen LogP contribution in [0.15, 0.2) is 18.2 Å². The van der Waals surface area contributed by atoms with E-state index in [1.807, 2.05) is 26.8 Å². The molecule has 16 heavy (non-hydrogen) atoms. The van der Waals surface area contributed by atoms with Gasteiger partial charge >= 0.3 is 0 Å². The number of hydrogen-bond donors (Lipinski definition) is 1. The van der Waals surface area contributed by atoms with Gasteiger partial charge in [-0.3, -0.25) is 0 Å².